The van der Waals surface area contributed by atoms with Crippen molar-refractivity contribution in [2.45, 2.75) is 51.2 Å². The summed E-state index contributed by atoms with van der Waals surface area (Å²) >= 11 is 6.53. The third kappa shape index (κ3) is 5.79. The predicted octanol–water partition coefficient (Wildman–Crippen LogP) is 4.83. The molecule has 0 radical (unpaired) electrons. The molecule has 0 atom stereocenters. The molecule has 0 saturated carbocycles. The van der Waals surface area contributed by atoms with E-state index in [0.717, 1.165) is 35.8 Å². The Hall–Kier alpha value is -3.04. The van der Waals surface area contributed by atoms with Crippen LogP contribution in [0.25, 0.3) is 0 Å². The van der Waals surface area contributed by atoms with Gasteiger partial charge >= 0.3 is 0 Å². The lowest BCUT2D eigenvalue weighted by Gasteiger charge is -2.28. The zero-order valence-electron chi connectivity index (χ0n) is 20.3. The molecular formula is C25H29ClN2O6S. The van der Waals surface area contributed by atoms with Gasteiger partial charge in [0.2, 0.25) is 0 Å². The zero-order valence-corrected chi connectivity index (χ0v) is 21.9. The Labute approximate surface area is 210 Å². The second-order valence-corrected chi connectivity index (χ2v) is 11.1. The first-order valence-corrected chi connectivity index (χ1v) is 13.3. The fraction of sp³-hybridized carbons (Fsp3) is 0.360. The van der Waals surface area contributed by atoms with E-state index < -0.39 is 21.2 Å². The molecule has 2 aromatic carbocycles. The molecule has 3 aromatic rings. The van der Waals surface area contributed by atoms with Gasteiger partial charge in [-0.05, 0) is 48.2 Å². The lowest BCUT2D eigenvalue weighted by molar-refractivity contribution is 0.0995. The van der Waals surface area contributed by atoms with Gasteiger partial charge in [-0.2, -0.15) is 0 Å². The molecule has 8 nitrogen and oxygen atoms in total. The van der Waals surface area contributed by atoms with Crippen LogP contribution >= 0.6 is 11.6 Å². The van der Waals surface area contributed by atoms with Crippen molar-refractivity contribution in [1.82, 2.24) is 4.98 Å². The summed E-state index contributed by atoms with van der Waals surface area (Å²) < 4.78 is 40.3. The standard InChI is InChI=1S/C25H29ClN2O6S/c1-6-9-32-22-15(2)10-17(12-19(22)26)25(3,4)16-7-8-20(18(11-16)23(27)29)33-13-21-24(28-14-34-21)35(5,30)31/h7-8,10-12,14H,6,9,13H2,1-5H3,(H2,27,29). The van der Waals surface area contributed by atoms with E-state index in [1.165, 1.54) is 0 Å². The number of sulfone groups is 1. The molecule has 3 rings (SSSR count). The lowest BCUT2D eigenvalue weighted by Crippen LogP contribution is -2.21. The van der Waals surface area contributed by atoms with Crippen LogP contribution in [0.2, 0.25) is 5.02 Å². The van der Waals surface area contributed by atoms with Crippen LogP contribution in [0.5, 0.6) is 11.5 Å². The highest BCUT2D eigenvalue weighted by Gasteiger charge is 2.27. The molecule has 188 valence electrons. The van der Waals surface area contributed by atoms with E-state index in [1.807, 2.05) is 45.9 Å². The summed E-state index contributed by atoms with van der Waals surface area (Å²) in [7, 11) is -3.59. The number of nitrogens with zero attached hydrogens (tertiary/aromatic N) is 1. The number of rotatable bonds is 10. The summed E-state index contributed by atoms with van der Waals surface area (Å²) in [5, 5.41) is 0.305. The van der Waals surface area contributed by atoms with Crippen LogP contribution < -0.4 is 15.2 Å². The van der Waals surface area contributed by atoms with Crippen molar-refractivity contribution in [2.24, 2.45) is 5.73 Å². The molecule has 1 heterocycles. The molecule has 10 heteroatoms. The number of primary amides is 1. The maximum atomic E-state index is 12.3. The van der Waals surface area contributed by atoms with Gasteiger partial charge in [0.1, 0.15) is 18.1 Å². The van der Waals surface area contributed by atoms with Crippen molar-refractivity contribution in [3.63, 3.8) is 0 Å². The Balaban J connectivity index is 1.93. The molecule has 0 aliphatic rings. The van der Waals surface area contributed by atoms with E-state index in [-0.39, 0.29) is 28.7 Å². The first-order chi connectivity index (χ1) is 16.4. The van der Waals surface area contributed by atoms with Gasteiger partial charge in [0.05, 0.1) is 17.2 Å². The van der Waals surface area contributed by atoms with E-state index >= 15 is 0 Å². The Kier molecular flexibility index (Phi) is 7.81. The largest absolute Gasteiger partial charge is 0.492 e. The predicted molar refractivity (Wildman–Crippen MR) is 133 cm³/mol. The molecule has 0 bridgehead atoms. The monoisotopic (exact) mass is 520 g/mol. The first kappa shape index (κ1) is 26.6. The van der Waals surface area contributed by atoms with Gasteiger partial charge < -0.3 is 19.6 Å². The second kappa shape index (κ2) is 10.3. The number of carbonyl (C=O) groups is 1. The topological polar surface area (TPSA) is 122 Å². The average molecular weight is 521 g/mol. The molecule has 0 fully saturated rings. The maximum Gasteiger partial charge on any atom is 0.252 e. The maximum absolute atomic E-state index is 12.3. The number of benzene rings is 2. The fourth-order valence-electron chi connectivity index (χ4n) is 3.68. The van der Waals surface area contributed by atoms with Gasteiger partial charge in [-0.15, -0.1) is 0 Å². The van der Waals surface area contributed by atoms with E-state index in [1.54, 1.807) is 12.1 Å². The number of nitrogens with two attached hydrogens (primary N) is 1. The Bertz CT molecular complexity index is 1320. The summed E-state index contributed by atoms with van der Waals surface area (Å²) in [5.41, 5.74) is 7.93. The Morgan fingerprint density at radius 3 is 2.49 bits per heavy atom. The SMILES string of the molecule is CCCOc1c(C)cc(C(C)(C)c2ccc(OCc3ocnc3S(C)(=O)=O)c(C(N)=O)c2)cc1Cl. The van der Waals surface area contributed by atoms with E-state index in [0.29, 0.717) is 17.4 Å². The van der Waals surface area contributed by atoms with Crippen molar-refractivity contribution >= 4 is 27.3 Å². The number of hydrogen-bond acceptors (Lipinski definition) is 7. The minimum Gasteiger partial charge on any atom is -0.492 e. The van der Waals surface area contributed by atoms with Crippen LogP contribution in [0.3, 0.4) is 0 Å². The molecule has 2 N–H and O–H groups in total. The van der Waals surface area contributed by atoms with Crippen molar-refractivity contribution < 1.29 is 27.1 Å². The van der Waals surface area contributed by atoms with Crippen LogP contribution in [0, 0.1) is 6.92 Å². The smallest absolute Gasteiger partial charge is 0.252 e. The molecule has 0 unspecified atom stereocenters. The molecule has 1 aromatic heterocycles. The first-order valence-electron chi connectivity index (χ1n) is 11.0. The summed E-state index contributed by atoms with van der Waals surface area (Å²) in [5.74, 6) is 0.208. The van der Waals surface area contributed by atoms with E-state index in [4.69, 9.17) is 31.2 Å². The summed E-state index contributed by atoms with van der Waals surface area (Å²) in [4.78, 5) is 16.0. The highest BCUT2D eigenvalue weighted by atomic mass is 35.5. The van der Waals surface area contributed by atoms with Crippen molar-refractivity contribution in [2.75, 3.05) is 12.9 Å². The third-order valence-electron chi connectivity index (χ3n) is 5.68. The normalized spacial score (nSPS) is 11.9. The quantitative estimate of drug-likeness (QED) is 0.406. The number of amides is 1. The number of ether oxygens (including phenoxy) is 2. The fourth-order valence-corrected chi connectivity index (χ4v) is 4.76. The lowest BCUT2D eigenvalue weighted by atomic mass is 9.77. The molecule has 1 amide bonds. The zero-order chi connectivity index (χ0) is 26.0. The third-order valence-corrected chi connectivity index (χ3v) is 7.00. The number of halogens is 1. The highest BCUT2D eigenvalue weighted by molar-refractivity contribution is 7.90. The minimum atomic E-state index is -3.59. The highest BCUT2D eigenvalue weighted by Crippen LogP contribution is 2.39. The Morgan fingerprint density at radius 1 is 1.17 bits per heavy atom. The minimum absolute atomic E-state index is 0.0304. The second-order valence-electron chi connectivity index (χ2n) is 8.79. The van der Waals surface area contributed by atoms with Gasteiger partial charge in [-0.25, -0.2) is 13.4 Å². The van der Waals surface area contributed by atoms with E-state index in [2.05, 4.69) is 4.98 Å². The summed E-state index contributed by atoms with van der Waals surface area (Å²) in [6, 6.07) is 9.00. The van der Waals surface area contributed by atoms with Crippen LogP contribution in [0.1, 0.15) is 60.0 Å². The number of carbonyl (C=O) groups excluding carboxylic acids is 1. The molecule has 0 aliphatic heterocycles. The van der Waals surface area contributed by atoms with E-state index in [9.17, 15) is 13.2 Å². The molecular weight excluding hydrogens is 492 g/mol. The van der Waals surface area contributed by atoms with Crippen molar-refractivity contribution in [3.05, 3.63) is 69.8 Å². The number of oxazole rings is 1. The summed E-state index contributed by atoms with van der Waals surface area (Å²) in [6.45, 7) is 8.33. The van der Waals surface area contributed by atoms with Crippen LogP contribution in [0.15, 0.2) is 46.2 Å². The van der Waals surface area contributed by atoms with Crippen molar-refractivity contribution in [3.8, 4) is 11.5 Å². The average Bonchev–Trinajstić information content (AvgIpc) is 3.26. The number of aromatic nitrogens is 1. The Morgan fingerprint density at radius 2 is 1.89 bits per heavy atom. The van der Waals surface area contributed by atoms with Crippen LogP contribution in [-0.2, 0) is 21.9 Å². The van der Waals surface area contributed by atoms with Crippen LogP contribution in [0.4, 0.5) is 0 Å². The molecule has 0 saturated heterocycles. The van der Waals surface area contributed by atoms with Crippen molar-refractivity contribution in [1.29, 1.82) is 0 Å². The summed E-state index contributed by atoms with van der Waals surface area (Å²) in [6.07, 6.45) is 2.93. The molecule has 0 spiro atoms. The van der Waals surface area contributed by atoms with Gasteiger partial charge in [0.25, 0.3) is 5.91 Å². The van der Waals surface area contributed by atoms with Gasteiger partial charge in [0, 0.05) is 11.7 Å². The number of hydrogen-bond donors (Lipinski definition) is 1. The molecule has 0 aliphatic carbocycles. The number of aryl methyl sites for hydroxylation is 1. The van der Waals surface area contributed by atoms with Gasteiger partial charge in [0.15, 0.2) is 27.0 Å². The molecule has 35 heavy (non-hydrogen) atoms. The van der Waals surface area contributed by atoms with Crippen LogP contribution in [-0.4, -0.2) is 32.2 Å². The van der Waals surface area contributed by atoms with Gasteiger partial charge in [-0.3, -0.25) is 4.79 Å². The van der Waals surface area contributed by atoms with Gasteiger partial charge in [-0.1, -0.05) is 44.5 Å².